The van der Waals surface area contributed by atoms with E-state index in [0.29, 0.717) is 13.2 Å². The molecule has 1 aliphatic rings. The number of aromatic nitrogens is 2. The molecule has 0 radical (unpaired) electrons. The summed E-state index contributed by atoms with van der Waals surface area (Å²) in [7, 11) is -1.76. The summed E-state index contributed by atoms with van der Waals surface area (Å²) in [6, 6.07) is 3.78. The van der Waals surface area contributed by atoms with Gasteiger partial charge in [0.05, 0.1) is 28.8 Å². The molecular formula is C15H21N3O3S. The van der Waals surface area contributed by atoms with Gasteiger partial charge in [0.25, 0.3) is 0 Å². The molecule has 2 heterocycles. The third kappa shape index (κ3) is 2.70. The van der Waals surface area contributed by atoms with Crippen molar-refractivity contribution in [2.24, 2.45) is 5.92 Å². The van der Waals surface area contributed by atoms with E-state index in [1.54, 1.807) is 17.7 Å². The monoisotopic (exact) mass is 323 g/mol. The van der Waals surface area contributed by atoms with E-state index in [-0.39, 0.29) is 11.7 Å². The number of nitrogens with one attached hydrogen (secondary N) is 1. The minimum Gasteiger partial charge on any atom is -0.384 e. The van der Waals surface area contributed by atoms with Crippen molar-refractivity contribution < 1.29 is 13.2 Å². The number of hydrogen-bond acceptors (Lipinski definition) is 4. The highest BCUT2D eigenvalue weighted by Crippen LogP contribution is 2.34. The van der Waals surface area contributed by atoms with Gasteiger partial charge in [0, 0.05) is 25.8 Å². The molecular weight excluding hydrogens is 302 g/mol. The summed E-state index contributed by atoms with van der Waals surface area (Å²) < 4.78 is 32.1. The minimum atomic E-state index is -3.35. The van der Waals surface area contributed by atoms with Gasteiger partial charge in [-0.1, -0.05) is 6.92 Å². The molecule has 6 nitrogen and oxygen atoms in total. The van der Waals surface area contributed by atoms with Crippen LogP contribution < -0.4 is 4.31 Å². The van der Waals surface area contributed by atoms with E-state index in [4.69, 9.17) is 4.74 Å². The van der Waals surface area contributed by atoms with Crippen molar-refractivity contribution in [2.45, 2.75) is 19.8 Å². The Morgan fingerprint density at radius 3 is 3.05 bits per heavy atom. The Balaban J connectivity index is 1.97. The Bertz CT molecular complexity index is 769. The number of aryl methyl sites for hydroxylation is 1. The number of nitrogens with zero attached hydrogens (tertiary/aromatic N) is 2. The summed E-state index contributed by atoms with van der Waals surface area (Å²) in [6.07, 6.45) is 3.33. The van der Waals surface area contributed by atoms with Crippen LogP contribution in [0, 0.1) is 5.92 Å². The number of fused-ring (bicyclic) bond motifs is 3. The van der Waals surface area contributed by atoms with Crippen molar-refractivity contribution >= 4 is 26.7 Å². The van der Waals surface area contributed by atoms with Gasteiger partial charge in [-0.25, -0.2) is 13.4 Å². The largest absolute Gasteiger partial charge is 0.384 e. The van der Waals surface area contributed by atoms with Crippen LogP contribution in [-0.4, -0.2) is 44.4 Å². The molecule has 0 saturated carbocycles. The van der Waals surface area contributed by atoms with E-state index < -0.39 is 10.0 Å². The van der Waals surface area contributed by atoms with E-state index in [9.17, 15) is 8.42 Å². The summed E-state index contributed by atoms with van der Waals surface area (Å²) in [4.78, 5) is 7.42. The van der Waals surface area contributed by atoms with Crippen LogP contribution >= 0.6 is 0 Å². The van der Waals surface area contributed by atoms with Crippen LogP contribution in [0.5, 0.6) is 0 Å². The van der Waals surface area contributed by atoms with Gasteiger partial charge in [0.2, 0.25) is 10.0 Å². The zero-order chi connectivity index (χ0) is 15.7. The van der Waals surface area contributed by atoms with Crippen molar-refractivity contribution in [1.82, 2.24) is 9.97 Å². The SMILES string of the molecule is COCC(C)CS(=O)(=O)N1CCCc2c1ccc1[nH]cnc21. The highest BCUT2D eigenvalue weighted by Gasteiger charge is 2.30. The average Bonchev–Trinajstić information content (AvgIpc) is 2.95. The zero-order valence-electron chi connectivity index (χ0n) is 12.9. The Hall–Kier alpha value is -1.60. The summed E-state index contributed by atoms with van der Waals surface area (Å²) in [6.45, 7) is 2.87. The second-order valence-corrected chi connectivity index (χ2v) is 7.81. The molecule has 0 saturated heterocycles. The number of aromatic amines is 1. The number of H-pyrrole nitrogens is 1. The standard InChI is InChI=1S/C15H21N3O3S/c1-11(8-21-2)9-22(19,20)18-7-3-4-12-14(18)6-5-13-15(12)17-10-16-13/h5-6,10-11H,3-4,7-9H2,1-2H3,(H,16,17). The fraction of sp³-hybridized carbons (Fsp3) is 0.533. The number of benzene rings is 1. The van der Waals surface area contributed by atoms with Crippen LogP contribution in [0.15, 0.2) is 18.5 Å². The summed E-state index contributed by atoms with van der Waals surface area (Å²) in [5.74, 6) is 0.0632. The smallest absolute Gasteiger partial charge is 0.235 e. The van der Waals surface area contributed by atoms with Crippen LogP contribution in [0.2, 0.25) is 0 Å². The highest BCUT2D eigenvalue weighted by molar-refractivity contribution is 7.92. The zero-order valence-corrected chi connectivity index (χ0v) is 13.7. The van der Waals surface area contributed by atoms with E-state index in [0.717, 1.165) is 35.1 Å². The number of anilines is 1. The quantitative estimate of drug-likeness (QED) is 0.912. The number of methoxy groups -OCH3 is 1. The average molecular weight is 323 g/mol. The summed E-state index contributed by atoms with van der Waals surface area (Å²) >= 11 is 0. The number of sulfonamides is 1. The number of rotatable bonds is 5. The third-order valence-corrected chi connectivity index (χ3v) is 6.05. The molecule has 1 unspecified atom stereocenters. The van der Waals surface area contributed by atoms with Gasteiger partial charge in [-0.2, -0.15) is 0 Å². The molecule has 0 fully saturated rings. The lowest BCUT2D eigenvalue weighted by Gasteiger charge is -2.31. The molecule has 1 aromatic carbocycles. The molecule has 0 spiro atoms. The van der Waals surface area contributed by atoms with Crippen LogP contribution in [0.25, 0.3) is 11.0 Å². The third-order valence-electron chi connectivity index (χ3n) is 4.01. The predicted molar refractivity (Wildman–Crippen MR) is 86.6 cm³/mol. The van der Waals surface area contributed by atoms with Gasteiger partial charge in [0.1, 0.15) is 0 Å². The summed E-state index contributed by atoms with van der Waals surface area (Å²) in [5.41, 5.74) is 3.62. The van der Waals surface area contributed by atoms with Crippen molar-refractivity contribution in [3.8, 4) is 0 Å². The van der Waals surface area contributed by atoms with E-state index in [2.05, 4.69) is 9.97 Å². The number of imidazole rings is 1. The first-order valence-corrected chi connectivity index (χ1v) is 9.08. The fourth-order valence-corrected chi connectivity index (χ4v) is 5.00. The molecule has 1 aliphatic heterocycles. The van der Waals surface area contributed by atoms with E-state index >= 15 is 0 Å². The van der Waals surface area contributed by atoms with Crippen LogP contribution in [0.3, 0.4) is 0 Å². The van der Waals surface area contributed by atoms with Crippen LogP contribution in [0.1, 0.15) is 18.9 Å². The topological polar surface area (TPSA) is 75.3 Å². The maximum absolute atomic E-state index is 12.8. The molecule has 3 rings (SSSR count). The van der Waals surface area contributed by atoms with Gasteiger partial charge in [-0.15, -0.1) is 0 Å². The predicted octanol–water partition coefficient (Wildman–Crippen LogP) is 1.93. The molecule has 0 bridgehead atoms. The Morgan fingerprint density at radius 2 is 2.27 bits per heavy atom. The van der Waals surface area contributed by atoms with Gasteiger partial charge >= 0.3 is 0 Å². The number of hydrogen-bond donors (Lipinski definition) is 1. The second-order valence-electron chi connectivity index (χ2n) is 5.88. The Kier molecular flexibility index (Phi) is 4.10. The first-order chi connectivity index (χ1) is 10.5. The van der Waals surface area contributed by atoms with Crippen molar-refractivity contribution in [3.63, 3.8) is 0 Å². The Labute approximate surface area is 130 Å². The van der Waals surface area contributed by atoms with Crippen molar-refractivity contribution in [3.05, 3.63) is 24.0 Å². The van der Waals surface area contributed by atoms with E-state index in [1.807, 2.05) is 19.1 Å². The lowest BCUT2D eigenvalue weighted by atomic mass is 10.0. The van der Waals surface area contributed by atoms with Crippen molar-refractivity contribution in [2.75, 3.05) is 30.3 Å². The van der Waals surface area contributed by atoms with Gasteiger partial charge in [0.15, 0.2) is 0 Å². The van der Waals surface area contributed by atoms with Gasteiger partial charge < -0.3 is 9.72 Å². The molecule has 1 aromatic heterocycles. The normalized spacial score (nSPS) is 16.7. The Morgan fingerprint density at radius 1 is 1.45 bits per heavy atom. The molecule has 1 N–H and O–H groups in total. The highest BCUT2D eigenvalue weighted by atomic mass is 32.2. The first kappa shape index (κ1) is 15.3. The molecule has 22 heavy (non-hydrogen) atoms. The summed E-state index contributed by atoms with van der Waals surface area (Å²) in [5, 5.41) is 0. The maximum atomic E-state index is 12.8. The lowest BCUT2D eigenvalue weighted by Crippen LogP contribution is -2.39. The first-order valence-electron chi connectivity index (χ1n) is 7.47. The molecule has 1 atom stereocenters. The van der Waals surface area contributed by atoms with Gasteiger partial charge in [-0.05, 0) is 30.9 Å². The lowest BCUT2D eigenvalue weighted by molar-refractivity contribution is 0.167. The maximum Gasteiger partial charge on any atom is 0.235 e. The van der Waals surface area contributed by atoms with Gasteiger partial charge in [-0.3, -0.25) is 4.31 Å². The molecule has 7 heteroatoms. The van der Waals surface area contributed by atoms with Crippen LogP contribution in [-0.2, 0) is 21.2 Å². The molecule has 120 valence electrons. The second kappa shape index (κ2) is 5.89. The van der Waals surface area contributed by atoms with Crippen molar-refractivity contribution in [1.29, 1.82) is 0 Å². The van der Waals surface area contributed by atoms with Crippen LogP contribution in [0.4, 0.5) is 5.69 Å². The molecule has 0 aliphatic carbocycles. The fourth-order valence-electron chi connectivity index (χ4n) is 3.13. The minimum absolute atomic E-state index is 0.0329. The molecule has 2 aromatic rings. The number of ether oxygens (including phenoxy) is 1. The van der Waals surface area contributed by atoms with E-state index in [1.165, 1.54) is 0 Å². The molecule has 0 amide bonds.